The molecule has 31 heavy (non-hydrogen) atoms. The molecule has 0 radical (unpaired) electrons. The number of amides is 3. The lowest BCUT2D eigenvalue weighted by Gasteiger charge is -2.40. The van der Waals surface area contributed by atoms with Crippen LogP contribution < -0.4 is 15.5 Å². The molecule has 9 nitrogen and oxygen atoms in total. The number of hydrogen-bond donors (Lipinski definition) is 3. The highest BCUT2D eigenvalue weighted by atomic mass is 19.4. The Labute approximate surface area is 175 Å². The molecule has 4 heterocycles. The van der Waals surface area contributed by atoms with Crippen molar-refractivity contribution in [1.82, 2.24) is 30.7 Å². The number of nitrogens with one attached hydrogen (secondary N) is 3. The third-order valence-electron chi connectivity index (χ3n) is 5.23. The van der Waals surface area contributed by atoms with Gasteiger partial charge in [0.25, 0.3) is 5.91 Å². The summed E-state index contributed by atoms with van der Waals surface area (Å²) in [5, 5.41) is 11.5. The summed E-state index contributed by atoms with van der Waals surface area (Å²) >= 11 is 0. The number of imide groups is 1. The number of halogens is 3. The third kappa shape index (κ3) is 4.53. The van der Waals surface area contributed by atoms with E-state index in [-0.39, 0.29) is 11.7 Å². The maximum atomic E-state index is 12.8. The van der Waals surface area contributed by atoms with Crippen LogP contribution in [0.5, 0.6) is 0 Å². The number of pyridine rings is 1. The molecule has 12 heteroatoms. The van der Waals surface area contributed by atoms with Gasteiger partial charge in [-0.25, -0.2) is 9.78 Å². The molecule has 0 spiro atoms. The maximum Gasteiger partial charge on any atom is 0.417 e. The summed E-state index contributed by atoms with van der Waals surface area (Å²) in [5.74, 6) is 0.00194. The predicted molar refractivity (Wildman–Crippen MR) is 105 cm³/mol. The highest BCUT2D eigenvalue weighted by Gasteiger charge is 2.32. The first-order valence-electron chi connectivity index (χ1n) is 9.59. The van der Waals surface area contributed by atoms with E-state index in [2.05, 4.69) is 30.7 Å². The van der Waals surface area contributed by atoms with Crippen LogP contribution in [0.25, 0.3) is 6.08 Å². The van der Waals surface area contributed by atoms with Gasteiger partial charge >= 0.3 is 12.2 Å². The lowest BCUT2D eigenvalue weighted by molar-refractivity contribution is -0.137. The van der Waals surface area contributed by atoms with E-state index in [0.717, 1.165) is 17.8 Å². The van der Waals surface area contributed by atoms with Crippen LogP contribution >= 0.6 is 0 Å². The van der Waals surface area contributed by atoms with E-state index in [1.54, 1.807) is 6.20 Å². The van der Waals surface area contributed by atoms with Crippen LogP contribution in [0.3, 0.4) is 0 Å². The van der Waals surface area contributed by atoms with Crippen LogP contribution in [0.2, 0.25) is 0 Å². The van der Waals surface area contributed by atoms with E-state index in [0.29, 0.717) is 37.7 Å². The number of hydrogen-bond acceptors (Lipinski definition) is 6. The fourth-order valence-corrected chi connectivity index (χ4v) is 3.68. The van der Waals surface area contributed by atoms with Gasteiger partial charge in [-0.15, -0.1) is 0 Å². The second-order valence-electron chi connectivity index (χ2n) is 7.44. The van der Waals surface area contributed by atoms with Crippen molar-refractivity contribution in [1.29, 1.82) is 0 Å². The molecule has 2 aliphatic rings. The lowest BCUT2D eigenvalue weighted by Crippen LogP contribution is -2.51. The van der Waals surface area contributed by atoms with Crippen molar-refractivity contribution in [3.63, 3.8) is 0 Å². The molecule has 0 unspecified atom stereocenters. The van der Waals surface area contributed by atoms with E-state index < -0.39 is 23.7 Å². The summed E-state index contributed by atoms with van der Waals surface area (Å²) in [6.07, 6.45) is -0.305. The number of nitrogens with zero attached hydrogens (tertiary/aromatic N) is 4. The number of alkyl halides is 3. The van der Waals surface area contributed by atoms with E-state index in [1.807, 2.05) is 11.8 Å². The van der Waals surface area contributed by atoms with Gasteiger partial charge in [-0.05, 0) is 25.1 Å². The summed E-state index contributed by atoms with van der Waals surface area (Å²) in [6.45, 7) is 4.49. The summed E-state index contributed by atoms with van der Waals surface area (Å²) < 4.78 is 38.3. The lowest BCUT2D eigenvalue weighted by atomic mass is 10.1. The zero-order chi connectivity index (χ0) is 22.2. The van der Waals surface area contributed by atoms with Gasteiger partial charge in [-0.2, -0.15) is 18.3 Å². The second kappa shape index (κ2) is 8.02. The molecule has 1 atom stereocenters. The topological polar surface area (TPSA) is 106 Å². The van der Waals surface area contributed by atoms with Crippen LogP contribution in [0.1, 0.15) is 23.7 Å². The number of urea groups is 1. The average Bonchev–Trinajstić information content (AvgIpc) is 3.27. The molecule has 0 aromatic carbocycles. The van der Waals surface area contributed by atoms with Crippen molar-refractivity contribution < 1.29 is 22.8 Å². The van der Waals surface area contributed by atoms with Crippen LogP contribution in [0.4, 0.5) is 23.8 Å². The van der Waals surface area contributed by atoms with Crippen molar-refractivity contribution in [2.75, 3.05) is 24.5 Å². The fraction of sp³-hybridized carbons (Fsp3) is 0.368. The normalized spacial score (nSPS) is 21.5. The van der Waals surface area contributed by atoms with Gasteiger partial charge in [0.05, 0.1) is 11.3 Å². The minimum atomic E-state index is -4.41. The minimum absolute atomic E-state index is 0.0339. The van der Waals surface area contributed by atoms with Crippen molar-refractivity contribution in [2.45, 2.75) is 25.7 Å². The standard InChI is InChI=1S/C19H20F3N7O2/c1-11-9-28(4-5-29(11)16-3-2-13(8-23-16)19(20,21)22)10-12-7-24-27-14(12)6-15-17(30)26-18(31)25-15/h2-3,6-8,11H,4-5,9-10H2,1H3,(H,24,27)(H2,25,26,30,31)/t11-/m1/s1. The predicted octanol–water partition coefficient (Wildman–Crippen LogP) is 1.71. The van der Waals surface area contributed by atoms with Gasteiger partial charge < -0.3 is 10.2 Å². The number of H-pyrrole nitrogens is 1. The number of piperazine rings is 1. The van der Waals surface area contributed by atoms with Crippen molar-refractivity contribution in [3.05, 3.63) is 47.0 Å². The van der Waals surface area contributed by atoms with Crippen molar-refractivity contribution >= 4 is 23.8 Å². The molecule has 3 N–H and O–H groups in total. The summed E-state index contributed by atoms with van der Waals surface area (Å²) in [6, 6.07) is 1.91. The van der Waals surface area contributed by atoms with Gasteiger partial charge in [-0.3, -0.25) is 20.1 Å². The minimum Gasteiger partial charge on any atom is -0.351 e. The second-order valence-corrected chi connectivity index (χ2v) is 7.44. The SMILES string of the molecule is C[C@@H]1CN(Cc2c[nH]nc2C=C2NC(=O)NC2=O)CCN1c1ccc(C(F)(F)F)cn1. The Bertz CT molecular complexity index is 1020. The first kappa shape index (κ1) is 20.8. The Morgan fingerprint density at radius 3 is 2.65 bits per heavy atom. The third-order valence-corrected chi connectivity index (χ3v) is 5.23. The molecule has 2 aromatic rings. The Hall–Kier alpha value is -3.41. The number of anilines is 1. The molecule has 2 aliphatic heterocycles. The van der Waals surface area contributed by atoms with Crippen LogP contribution in [0.15, 0.2) is 30.2 Å². The number of rotatable bonds is 4. The molecule has 0 saturated carbocycles. The monoisotopic (exact) mass is 435 g/mol. The molecular formula is C19H20F3N7O2. The molecule has 3 amide bonds. The van der Waals surface area contributed by atoms with Gasteiger partial charge in [0.15, 0.2) is 0 Å². The molecule has 0 aliphatic carbocycles. The maximum absolute atomic E-state index is 12.8. The molecule has 164 valence electrons. The van der Waals surface area contributed by atoms with E-state index in [9.17, 15) is 22.8 Å². The Kier molecular flexibility index (Phi) is 5.39. The molecule has 2 aromatic heterocycles. The summed E-state index contributed by atoms with van der Waals surface area (Å²) in [5.41, 5.74) is 0.766. The van der Waals surface area contributed by atoms with Crippen molar-refractivity contribution in [2.24, 2.45) is 0 Å². The number of carbonyl (C=O) groups excluding carboxylic acids is 2. The molecule has 4 rings (SSSR count). The van der Waals surface area contributed by atoms with E-state index in [1.165, 1.54) is 12.1 Å². The van der Waals surface area contributed by atoms with Crippen LogP contribution in [-0.2, 0) is 17.5 Å². The average molecular weight is 435 g/mol. The summed E-state index contributed by atoms with van der Waals surface area (Å²) in [7, 11) is 0. The Morgan fingerprint density at radius 1 is 1.23 bits per heavy atom. The molecular weight excluding hydrogens is 415 g/mol. The summed E-state index contributed by atoms with van der Waals surface area (Å²) in [4.78, 5) is 31.1. The highest BCUT2D eigenvalue weighted by molar-refractivity contribution is 6.13. The Balaban J connectivity index is 1.40. The number of aromatic amines is 1. The molecule has 2 fully saturated rings. The quantitative estimate of drug-likeness (QED) is 0.499. The largest absolute Gasteiger partial charge is 0.417 e. The first-order chi connectivity index (χ1) is 14.7. The van der Waals surface area contributed by atoms with E-state index >= 15 is 0 Å². The molecule has 0 bridgehead atoms. The van der Waals surface area contributed by atoms with Gasteiger partial charge in [-0.1, -0.05) is 0 Å². The number of carbonyl (C=O) groups is 2. The van der Waals surface area contributed by atoms with Gasteiger partial charge in [0.1, 0.15) is 11.5 Å². The molecule has 2 saturated heterocycles. The van der Waals surface area contributed by atoms with Gasteiger partial charge in [0.2, 0.25) is 0 Å². The number of aromatic nitrogens is 3. The Morgan fingerprint density at radius 2 is 2.03 bits per heavy atom. The zero-order valence-electron chi connectivity index (χ0n) is 16.5. The fourth-order valence-electron chi connectivity index (χ4n) is 3.68. The smallest absolute Gasteiger partial charge is 0.351 e. The van der Waals surface area contributed by atoms with E-state index in [4.69, 9.17) is 0 Å². The highest BCUT2D eigenvalue weighted by Crippen LogP contribution is 2.30. The van der Waals surface area contributed by atoms with Crippen LogP contribution in [-0.4, -0.2) is 57.7 Å². The van der Waals surface area contributed by atoms with Crippen LogP contribution in [0, 0.1) is 0 Å². The van der Waals surface area contributed by atoms with Gasteiger partial charge in [0, 0.05) is 50.2 Å². The zero-order valence-corrected chi connectivity index (χ0v) is 16.5. The first-order valence-corrected chi connectivity index (χ1v) is 9.59. The van der Waals surface area contributed by atoms with Crippen molar-refractivity contribution in [3.8, 4) is 0 Å².